The van der Waals surface area contributed by atoms with E-state index in [-0.39, 0.29) is 11.9 Å². The molecule has 1 aromatic heterocycles. The highest BCUT2D eigenvalue weighted by Crippen LogP contribution is 2.28. The van der Waals surface area contributed by atoms with Crippen LogP contribution in [-0.2, 0) is 4.79 Å². The Morgan fingerprint density at radius 2 is 2.24 bits per heavy atom. The average Bonchev–Trinajstić information content (AvgIpc) is 2.92. The van der Waals surface area contributed by atoms with Crippen molar-refractivity contribution in [2.45, 2.75) is 30.6 Å². The van der Waals surface area contributed by atoms with Gasteiger partial charge in [0.25, 0.3) is 5.91 Å². The lowest BCUT2D eigenvalue weighted by Gasteiger charge is -2.19. The summed E-state index contributed by atoms with van der Waals surface area (Å²) in [5.74, 6) is -1.18. The third kappa shape index (κ3) is 4.32. The van der Waals surface area contributed by atoms with E-state index in [1.54, 1.807) is 17.8 Å². The quantitative estimate of drug-likeness (QED) is 0.815. The molecule has 2 atom stereocenters. The van der Waals surface area contributed by atoms with Gasteiger partial charge in [0.05, 0.1) is 5.56 Å². The molecule has 1 fully saturated rings. The van der Waals surface area contributed by atoms with Crippen LogP contribution in [0.15, 0.2) is 24.5 Å². The fourth-order valence-electron chi connectivity index (χ4n) is 2.47. The van der Waals surface area contributed by atoms with E-state index in [9.17, 15) is 9.59 Å². The van der Waals surface area contributed by atoms with E-state index in [0.29, 0.717) is 16.4 Å². The van der Waals surface area contributed by atoms with Crippen LogP contribution in [0.3, 0.4) is 0 Å². The summed E-state index contributed by atoms with van der Waals surface area (Å²) in [6.45, 7) is 0. The second kappa shape index (κ2) is 7.26. The highest BCUT2D eigenvalue weighted by atomic mass is 32.2. The summed E-state index contributed by atoms with van der Waals surface area (Å²) in [4.78, 5) is 26.7. The molecule has 5 nitrogen and oxygen atoms in total. The number of amides is 1. The molecule has 2 unspecified atom stereocenters. The van der Waals surface area contributed by atoms with Crippen LogP contribution in [-0.4, -0.2) is 39.5 Å². The van der Waals surface area contributed by atoms with Gasteiger partial charge in [-0.3, -0.25) is 9.78 Å². The monoisotopic (exact) mass is 306 g/mol. The minimum atomic E-state index is -1.03. The van der Waals surface area contributed by atoms with Gasteiger partial charge in [0.1, 0.15) is 0 Å². The molecule has 0 aliphatic heterocycles. The Morgan fingerprint density at radius 3 is 2.95 bits per heavy atom. The predicted octanol–water partition coefficient (Wildman–Crippen LogP) is 2.19. The SMILES string of the molecule is CSC1CCCC1NC(=O)c1cncc(/C=C/C(=O)O)c1. The normalized spacial score (nSPS) is 21.6. The van der Waals surface area contributed by atoms with Gasteiger partial charge in [-0.15, -0.1) is 0 Å². The lowest BCUT2D eigenvalue weighted by atomic mass is 10.1. The van der Waals surface area contributed by atoms with Gasteiger partial charge in [0.2, 0.25) is 0 Å². The molecule has 1 saturated carbocycles. The fourth-order valence-corrected chi connectivity index (χ4v) is 3.40. The molecule has 2 N–H and O–H groups in total. The fraction of sp³-hybridized carbons (Fsp3) is 0.400. The number of rotatable bonds is 5. The molecule has 0 bridgehead atoms. The molecule has 0 spiro atoms. The standard InChI is InChI=1S/C15H18N2O3S/c1-21-13-4-2-3-12(13)17-15(20)11-7-10(8-16-9-11)5-6-14(18)19/h5-9,12-13H,2-4H2,1H3,(H,17,20)(H,18,19)/b6-5+. The first-order chi connectivity index (χ1) is 10.1. The summed E-state index contributed by atoms with van der Waals surface area (Å²) in [6.07, 6.45) is 10.8. The molecule has 21 heavy (non-hydrogen) atoms. The van der Waals surface area contributed by atoms with Crippen LogP contribution in [0, 0.1) is 0 Å². The topological polar surface area (TPSA) is 79.3 Å². The van der Waals surface area contributed by atoms with Crippen molar-refractivity contribution in [3.05, 3.63) is 35.7 Å². The zero-order valence-corrected chi connectivity index (χ0v) is 12.6. The third-order valence-electron chi connectivity index (χ3n) is 3.51. The zero-order chi connectivity index (χ0) is 15.2. The first kappa shape index (κ1) is 15.6. The van der Waals surface area contributed by atoms with Crippen molar-refractivity contribution in [2.24, 2.45) is 0 Å². The van der Waals surface area contributed by atoms with Gasteiger partial charge in [0.15, 0.2) is 0 Å². The Bertz CT molecular complexity index is 560. The number of pyridine rings is 1. The molecule has 1 aliphatic rings. The zero-order valence-electron chi connectivity index (χ0n) is 11.8. The van der Waals surface area contributed by atoms with E-state index in [2.05, 4.69) is 16.6 Å². The van der Waals surface area contributed by atoms with Crippen molar-refractivity contribution in [3.63, 3.8) is 0 Å². The molecule has 112 valence electrons. The molecule has 1 heterocycles. The van der Waals surface area contributed by atoms with Gasteiger partial charge in [-0.25, -0.2) is 4.79 Å². The number of aliphatic carboxylic acids is 1. The number of nitrogens with zero attached hydrogens (tertiary/aromatic N) is 1. The number of aromatic nitrogens is 1. The Morgan fingerprint density at radius 1 is 1.43 bits per heavy atom. The highest BCUT2D eigenvalue weighted by molar-refractivity contribution is 7.99. The van der Waals surface area contributed by atoms with Crippen molar-refractivity contribution >= 4 is 29.7 Å². The first-order valence-corrected chi connectivity index (χ1v) is 8.08. The molecule has 6 heteroatoms. The Kier molecular flexibility index (Phi) is 5.38. The van der Waals surface area contributed by atoms with Crippen LogP contribution >= 0.6 is 11.8 Å². The number of carboxylic acid groups (broad SMARTS) is 1. The molecular weight excluding hydrogens is 288 g/mol. The second-order valence-corrected chi connectivity index (χ2v) is 6.04. The molecule has 1 aliphatic carbocycles. The third-order valence-corrected chi connectivity index (χ3v) is 4.68. The smallest absolute Gasteiger partial charge is 0.328 e. The first-order valence-electron chi connectivity index (χ1n) is 6.80. The van der Waals surface area contributed by atoms with E-state index in [1.165, 1.54) is 18.5 Å². The van der Waals surface area contributed by atoms with Crippen LogP contribution in [0.4, 0.5) is 0 Å². The number of carbonyl (C=O) groups excluding carboxylic acids is 1. The van der Waals surface area contributed by atoms with Crippen molar-refractivity contribution in [3.8, 4) is 0 Å². The van der Waals surface area contributed by atoms with Crippen molar-refractivity contribution in [2.75, 3.05) is 6.26 Å². The molecule has 2 rings (SSSR count). The van der Waals surface area contributed by atoms with Gasteiger partial charge in [-0.2, -0.15) is 11.8 Å². The van der Waals surface area contributed by atoms with Crippen LogP contribution in [0.2, 0.25) is 0 Å². The Hall–Kier alpha value is -1.82. The molecule has 0 saturated heterocycles. The molecular formula is C15H18N2O3S. The molecule has 1 aromatic rings. The molecule has 1 amide bonds. The predicted molar refractivity (Wildman–Crippen MR) is 83.3 cm³/mol. The summed E-state index contributed by atoms with van der Waals surface area (Å²) in [5.41, 5.74) is 1.05. The van der Waals surface area contributed by atoms with Crippen molar-refractivity contribution in [1.82, 2.24) is 10.3 Å². The lowest BCUT2D eigenvalue weighted by Crippen LogP contribution is -2.38. The summed E-state index contributed by atoms with van der Waals surface area (Å²) in [5, 5.41) is 12.1. The second-order valence-electron chi connectivity index (χ2n) is 4.96. The van der Waals surface area contributed by atoms with E-state index >= 15 is 0 Å². The number of nitrogens with one attached hydrogen (secondary N) is 1. The average molecular weight is 306 g/mol. The van der Waals surface area contributed by atoms with Crippen molar-refractivity contribution < 1.29 is 14.7 Å². The van der Waals surface area contributed by atoms with Crippen LogP contribution in [0.5, 0.6) is 0 Å². The van der Waals surface area contributed by atoms with Gasteiger partial charge < -0.3 is 10.4 Å². The minimum Gasteiger partial charge on any atom is -0.478 e. The van der Waals surface area contributed by atoms with Crippen LogP contribution in [0.1, 0.15) is 35.2 Å². The van der Waals surface area contributed by atoms with Gasteiger partial charge in [-0.1, -0.05) is 6.42 Å². The highest BCUT2D eigenvalue weighted by Gasteiger charge is 2.28. The summed E-state index contributed by atoms with van der Waals surface area (Å²) in [7, 11) is 0. The number of hydrogen-bond donors (Lipinski definition) is 2. The maximum atomic E-state index is 12.3. The van der Waals surface area contributed by atoms with Crippen LogP contribution < -0.4 is 5.32 Å². The lowest BCUT2D eigenvalue weighted by molar-refractivity contribution is -0.131. The Balaban J connectivity index is 2.05. The molecule has 0 aromatic carbocycles. The maximum Gasteiger partial charge on any atom is 0.328 e. The van der Waals surface area contributed by atoms with Crippen LogP contribution in [0.25, 0.3) is 6.08 Å². The maximum absolute atomic E-state index is 12.3. The van der Waals surface area contributed by atoms with Gasteiger partial charge >= 0.3 is 5.97 Å². The number of carboxylic acids is 1. The van der Waals surface area contributed by atoms with E-state index < -0.39 is 5.97 Å². The summed E-state index contributed by atoms with van der Waals surface area (Å²) in [6, 6.07) is 1.84. The summed E-state index contributed by atoms with van der Waals surface area (Å²) < 4.78 is 0. The largest absolute Gasteiger partial charge is 0.478 e. The number of carbonyl (C=O) groups is 2. The summed E-state index contributed by atoms with van der Waals surface area (Å²) >= 11 is 1.79. The van der Waals surface area contributed by atoms with E-state index in [4.69, 9.17) is 5.11 Å². The number of thioether (sulfide) groups is 1. The van der Waals surface area contributed by atoms with Gasteiger partial charge in [0, 0.05) is 29.8 Å². The number of hydrogen-bond acceptors (Lipinski definition) is 4. The van der Waals surface area contributed by atoms with Crippen molar-refractivity contribution in [1.29, 1.82) is 0 Å². The Labute approximate surface area is 127 Å². The molecule has 0 radical (unpaired) electrons. The van der Waals surface area contributed by atoms with Gasteiger partial charge in [-0.05, 0) is 36.8 Å². The van der Waals surface area contributed by atoms with E-state index in [0.717, 1.165) is 25.3 Å². The minimum absolute atomic E-state index is 0.154. The van der Waals surface area contributed by atoms with E-state index in [1.807, 2.05) is 0 Å².